The highest BCUT2D eigenvalue weighted by Crippen LogP contribution is 2.39. The predicted octanol–water partition coefficient (Wildman–Crippen LogP) is 1.59. The van der Waals surface area contributed by atoms with E-state index in [2.05, 4.69) is 33.6 Å². The van der Waals surface area contributed by atoms with Crippen LogP contribution in [0.2, 0.25) is 0 Å². The molecule has 0 spiro atoms. The molecule has 20 heavy (non-hydrogen) atoms. The molecule has 0 radical (unpaired) electrons. The van der Waals surface area contributed by atoms with Crippen LogP contribution in [0.1, 0.15) is 44.5 Å². The van der Waals surface area contributed by atoms with Crippen molar-refractivity contribution in [2.75, 3.05) is 26.7 Å². The lowest BCUT2D eigenvalue weighted by Crippen LogP contribution is -2.50. The van der Waals surface area contributed by atoms with Crippen molar-refractivity contribution in [3.8, 4) is 0 Å². The number of likely N-dealkylation sites (N-methyl/N-ethyl adjacent to an activating group) is 1. The van der Waals surface area contributed by atoms with Crippen LogP contribution in [0, 0.1) is 0 Å². The first-order valence-corrected chi connectivity index (χ1v) is 7.76. The SMILES string of the molecule is CNCC1OCCN(C2CC2)C1c1cncn1C(C)C. The van der Waals surface area contributed by atoms with E-state index in [1.165, 1.54) is 18.5 Å². The molecule has 3 rings (SSSR count). The quantitative estimate of drug-likeness (QED) is 0.888. The molecule has 1 aliphatic heterocycles. The molecule has 2 heterocycles. The van der Waals surface area contributed by atoms with Crippen LogP contribution in [0.3, 0.4) is 0 Å². The Morgan fingerprint density at radius 3 is 2.90 bits per heavy atom. The van der Waals surface area contributed by atoms with E-state index in [-0.39, 0.29) is 6.10 Å². The first-order valence-electron chi connectivity index (χ1n) is 7.76. The van der Waals surface area contributed by atoms with E-state index in [0.717, 1.165) is 25.7 Å². The summed E-state index contributed by atoms with van der Waals surface area (Å²) >= 11 is 0. The summed E-state index contributed by atoms with van der Waals surface area (Å²) in [6.45, 7) is 7.19. The van der Waals surface area contributed by atoms with Crippen molar-refractivity contribution in [1.29, 1.82) is 0 Å². The molecule has 1 saturated heterocycles. The van der Waals surface area contributed by atoms with Crippen molar-refractivity contribution in [1.82, 2.24) is 19.8 Å². The maximum Gasteiger partial charge on any atom is 0.0951 e. The maximum atomic E-state index is 6.05. The first-order chi connectivity index (χ1) is 9.72. The summed E-state index contributed by atoms with van der Waals surface area (Å²) < 4.78 is 8.34. The lowest BCUT2D eigenvalue weighted by Gasteiger charge is -2.42. The number of morpholine rings is 1. The molecule has 0 aromatic carbocycles. The summed E-state index contributed by atoms with van der Waals surface area (Å²) in [6.07, 6.45) is 6.86. The van der Waals surface area contributed by atoms with Gasteiger partial charge in [-0.05, 0) is 33.7 Å². The molecular formula is C15H26N4O. The lowest BCUT2D eigenvalue weighted by molar-refractivity contribution is -0.0765. The minimum Gasteiger partial charge on any atom is -0.374 e. The van der Waals surface area contributed by atoms with Gasteiger partial charge in [-0.15, -0.1) is 0 Å². The Hall–Kier alpha value is -0.910. The number of hydrogen-bond donors (Lipinski definition) is 1. The molecule has 2 atom stereocenters. The maximum absolute atomic E-state index is 6.05. The smallest absolute Gasteiger partial charge is 0.0951 e. The van der Waals surface area contributed by atoms with Crippen LogP contribution in [-0.4, -0.2) is 53.3 Å². The van der Waals surface area contributed by atoms with Crippen molar-refractivity contribution in [2.24, 2.45) is 0 Å². The molecule has 1 aromatic rings. The topological polar surface area (TPSA) is 42.3 Å². The van der Waals surface area contributed by atoms with Gasteiger partial charge in [0.1, 0.15) is 0 Å². The molecule has 1 aliphatic carbocycles. The molecule has 112 valence electrons. The van der Waals surface area contributed by atoms with Crippen LogP contribution in [0.15, 0.2) is 12.5 Å². The van der Waals surface area contributed by atoms with E-state index in [1.807, 2.05) is 19.6 Å². The Morgan fingerprint density at radius 2 is 2.25 bits per heavy atom. The van der Waals surface area contributed by atoms with Crippen molar-refractivity contribution in [3.05, 3.63) is 18.2 Å². The number of nitrogens with one attached hydrogen (secondary N) is 1. The van der Waals surface area contributed by atoms with Gasteiger partial charge >= 0.3 is 0 Å². The van der Waals surface area contributed by atoms with E-state index in [4.69, 9.17) is 4.74 Å². The summed E-state index contributed by atoms with van der Waals surface area (Å²) in [4.78, 5) is 7.03. The van der Waals surface area contributed by atoms with Crippen LogP contribution >= 0.6 is 0 Å². The van der Waals surface area contributed by atoms with Crippen LogP contribution in [0.25, 0.3) is 0 Å². The Morgan fingerprint density at radius 1 is 1.45 bits per heavy atom. The molecule has 0 amide bonds. The standard InChI is InChI=1S/C15H26N4O/c1-11(2)19-10-17-8-13(19)15-14(9-16-3)20-7-6-18(15)12-4-5-12/h8,10-12,14-16H,4-7,9H2,1-3H3. The lowest BCUT2D eigenvalue weighted by atomic mass is 10.0. The molecule has 2 unspecified atom stereocenters. The fourth-order valence-electron chi connectivity index (χ4n) is 3.28. The highest BCUT2D eigenvalue weighted by molar-refractivity contribution is 5.13. The van der Waals surface area contributed by atoms with E-state index in [0.29, 0.717) is 12.1 Å². The number of ether oxygens (including phenoxy) is 1. The van der Waals surface area contributed by atoms with Gasteiger partial charge in [0.05, 0.1) is 30.8 Å². The fraction of sp³-hybridized carbons (Fsp3) is 0.800. The van der Waals surface area contributed by atoms with Crippen molar-refractivity contribution >= 4 is 0 Å². The van der Waals surface area contributed by atoms with Crippen LogP contribution < -0.4 is 5.32 Å². The molecule has 2 aliphatic rings. The normalized spacial score (nSPS) is 28.2. The third kappa shape index (κ3) is 2.62. The monoisotopic (exact) mass is 278 g/mol. The zero-order chi connectivity index (χ0) is 14.1. The highest BCUT2D eigenvalue weighted by atomic mass is 16.5. The van der Waals surface area contributed by atoms with Crippen molar-refractivity contribution < 1.29 is 4.74 Å². The number of nitrogens with zero attached hydrogens (tertiary/aromatic N) is 3. The number of aromatic nitrogens is 2. The summed E-state index contributed by atoms with van der Waals surface area (Å²) in [6, 6.07) is 1.51. The van der Waals surface area contributed by atoms with Gasteiger partial charge < -0.3 is 14.6 Å². The van der Waals surface area contributed by atoms with Gasteiger partial charge in [-0.25, -0.2) is 4.98 Å². The average molecular weight is 278 g/mol. The molecule has 1 saturated carbocycles. The van der Waals surface area contributed by atoms with Gasteiger partial charge in [-0.2, -0.15) is 0 Å². The van der Waals surface area contributed by atoms with Gasteiger partial charge in [0.15, 0.2) is 0 Å². The van der Waals surface area contributed by atoms with Gasteiger partial charge in [0, 0.05) is 31.4 Å². The molecule has 2 fully saturated rings. The van der Waals surface area contributed by atoms with Gasteiger partial charge in [0.25, 0.3) is 0 Å². The minimum absolute atomic E-state index is 0.212. The van der Waals surface area contributed by atoms with Gasteiger partial charge in [-0.1, -0.05) is 0 Å². The zero-order valence-corrected chi connectivity index (χ0v) is 12.7. The van der Waals surface area contributed by atoms with Crippen LogP contribution in [0.5, 0.6) is 0 Å². The minimum atomic E-state index is 0.212. The van der Waals surface area contributed by atoms with Crippen molar-refractivity contribution in [3.63, 3.8) is 0 Å². The van der Waals surface area contributed by atoms with Gasteiger partial charge in [0.2, 0.25) is 0 Å². The van der Waals surface area contributed by atoms with Gasteiger partial charge in [-0.3, -0.25) is 4.90 Å². The number of rotatable bonds is 5. The number of hydrogen-bond acceptors (Lipinski definition) is 4. The molecular weight excluding hydrogens is 252 g/mol. The molecule has 5 heteroatoms. The third-order valence-electron chi connectivity index (χ3n) is 4.37. The summed E-state index contributed by atoms with van der Waals surface area (Å²) in [5.74, 6) is 0. The number of imidazole rings is 1. The third-order valence-corrected chi connectivity index (χ3v) is 4.37. The molecule has 5 nitrogen and oxygen atoms in total. The largest absolute Gasteiger partial charge is 0.374 e. The Labute approximate surface area is 121 Å². The summed E-state index contributed by atoms with van der Waals surface area (Å²) in [5, 5.41) is 3.28. The highest BCUT2D eigenvalue weighted by Gasteiger charge is 2.42. The van der Waals surface area contributed by atoms with E-state index >= 15 is 0 Å². The van der Waals surface area contributed by atoms with E-state index in [1.54, 1.807) is 0 Å². The Bertz CT molecular complexity index is 439. The van der Waals surface area contributed by atoms with Crippen LogP contribution in [0.4, 0.5) is 0 Å². The summed E-state index contributed by atoms with van der Waals surface area (Å²) in [7, 11) is 2.00. The predicted molar refractivity (Wildman–Crippen MR) is 78.7 cm³/mol. The molecule has 1 N–H and O–H groups in total. The second-order valence-corrected chi connectivity index (χ2v) is 6.20. The van der Waals surface area contributed by atoms with Crippen LogP contribution in [-0.2, 0) is 4.74 Å². The summed E-state index contributed by atoms with van der Waals surface area (Å²) in [5.41, 5.74) is 1.30. The Kier molecular flexibility index (Phi) is 4.10. The van der Waals surface area contributed by atoms with E-state index < -0.39 is 0 Å². The first kappa shape index (κ1) is 14.0. The second kappa shape index (κ2) is 5.84. The molecule has 0 bridgehead atoms. The molecule has 1 aromatic heterocycles. The fourth-order valence-corrected chi connectivity index (χ4v) is 3.28. The average Bonchev–Trinajstić information content (AvgIpc) is 3.16. The second-order valence-electron chi connectivity index (χ2n) is 6.20. The van der Waals surface area contributed by atoms with E-state index in [9.17, 15) is 0 Å². The Balaban J connectivity index is 1.91. The van der Waals surface area contributed by atoms with Crippen molar-refractivity contribution in [2.45, 2.75) is 50.9 Å². The zero-order valence-electron chi connectivity index (χ0n) is 12.7.